The van der Waals surface area contributed by atoms with Gasteiger partial charge in [-0.15, -0.1) is 0 Å². The van der Waals surface area contributed by atoms with Gasteiger partial charge in [0.05, 0.1) is 0 Å². The maximum absolute atomic E-state index is 3.78. The summed E-state index contributed by atoms with van der Waals surface area (Å²) in [5, 5.41) is 3.78. The van der Waals surface area contributed by atoms with Gasteiger partial charge in [0.2, 0.25) is 0 Å². The van der Waals surface area contributed by atoms with Crippen LogP contribution in [0, 0.1) is 23.2 Å². The van der Waals surface area contributed by atoms with Gasteiger partial charge in [0.25, 0.3) is 0 Å². The Morgan fingerprint density at radius 1 is 1.15 bits per heavy atom. The number of nitrogens with zero attached hydrogens (tertiary/aromatic N) is 1. The van der Waals surface area contributed by atoms with Gasteiger partial charge in [-0.05, 0) is 68.9 Å². The maximum atomic E-state index is 3.78. The molecule has 2 nitrogen and oxygen atoms in total. The van der Waals surface area contributed by atoms with Crippen molar-refractivity contribution in [3.05, 3.63) is 0 Å². The number of nitrogens with one attached hydrogen (secondary N) is 1. The van der Waals surface area contributed by atoms with Gasteiger partial charge in [0, 0.05) is 18.6 Å². The molecule has 116 valence electrons. The number of fused-ring (bicyclic) bond motifs is 2. The van der Waals surface area contributed by atoms with E-state index in [1.165, 1.54) is 38.6 Å². The average Bonchev–Trinajstić information content (AvgIpc) is 3.05. The highest BCUT2D eigenvalue weighted by Crippen LogP contribution is 2.49. The van der Waals surface area contributed by atoms with Crippen molar-refractivity contribution in [3.63, 3.8) is 0 Å². The third-order valence-electron chi connectivity index (χ3n) is 6.71. The zero-order chi connectivity index (χ0) is 14.3. The fourth-order valence-electron chi connectivity index (χ4n) is 5.58. The Bertz CT molecular complexity index is 338. The van der Waals surface area contributed by atoms with E-state index < -0.39 is 0 Å². The second kappa shape index (κ2) is 5.61. The Morgan fingerprint density at radius 2 is 1.95 bits per heavy atom. The summed E-state index contributed by atoms with van der Waals surface area (Å²) < 4.78 is 0. The standard InChI is InChI=1S/C18H34N2/c1-5-19-17-16(8-9-18(17,2)3)20(4)12-15-11-13-6-7-14(15)10-13/h13-17,19H,5-12H2,1-4H3. The van der Waals surface area contributed by atoms with Crippen LogP contribution in [-0.4, -0.2) is 37.1 Å². The molecule has 2 heteroatoms. The van der Waals surface area contributed by atoms with Gasteiger partial charge in [-0.3, -0.25) is 0 Å². The Morgan fingerprint density at radius 3 is 2.55 bits per heavy atom. The molecule has 0 spiro atoms. The van der Waals surface area contributed by atoms with E-state index in [4.69, 9.17) is 0 Å². The van der Waals surface area contributed by atoms with Gasteiger partial charge in [0.1, 0.15) is 0 Å². The van der Waals surface area contributed by atoms with Crippen molar-refractivity contribution in [2.75, 3.05) is 20.1 Å². The van der Waals surface area contributed by atoms with Crippen LogP contribution in [0.25, 0.3) is 0 Å². The lowest BCUT2D eigenvalue weighted by molar-refractivity contribution is 0.136. The number of hydrogen-bond donors (Lipinski definition) is 1. The molecule has 0 aromatic carbocycles. The molecule has 0 radical (unpaired) electrons. The van der Waals surface area contributed by atoms with E-state index >= 15 is 0 Å². The number of rotatable bonds is 5. The van der Waals surface area contributed by atoms with Crippen LogP contribution < -0.4 is 5.32 Å². The third kappa shape index (κ3) is 2.66. The van der Waals surface area contributed by atoms with Gasteiger partial charge in [-0.25, -0.2) is 0 Å². The Labute approximate surface area is 125 Å². The summed E-state index contributed by atoms with van der Waals surface area (Å²) in [6.45, 7) is 9.61. The molecule has 0 aromatic heterocycles. The van der Waals surface area contributed by atoms with Crippen LogP contribution in [0.15, 0.2) is 0 Å². The molecule has 3 aliphatic carbocycles. The van der Waals surface area contributed by atoms with Crippen molar-refractivity contribution in [1.82, 2.24) is 10.2 Å². The molecule has 5 atom stereocenters. The van der Waals surface area contributed by atoms with E-state index in [9.17, 15) is 0 Å². The molecule has 3 saturated carbocycles. The van der Waals surface area contributed by atoms with Crippen molar-refractivity contribution < 1.29 is 0 Å². The molecule has 3 aliphatic rings. The van der Waals surface area contributed by atoms with Gasteiger partial charge < -0.3 is 10.2 Å². The van der Waals surface area contributed by atoms with E-state index in [2.05, 4.69) is 38.0 Å². The van der Waals surface area contributed by atoms with Crippen LogP contribution in [0.2, 0.25) is 0 Å². The SMILES string of the molecule is CCNC1C(N(C)CC2CC3CCC2C3)CCC1(C)C. The molecule has 0 aliphatic heterocycles. The van der Waals surface area contributed by atoms with Crippen LogP contribution in [0.3, 0.4) is 0 Å². The molecule has 0 aromatic rings. The maximum Gasteiger partial charge on any atom is 0.0274 e. The summed E-state index contributed by atoms with van der Waals surface area (Å²) in [4.78, 5) is 2.72. The largest absolute Gasteiger partial charge is 0.312 e. The van der Waals surface area contributed by atoms with Gasteiger partial charge in [-0.1, -0.05) is 27.2 Å². The lowest BCUT2D eigenvalue weighted by atomic mass is 9.85. The predicted molar refractivity (Wildman–Crippen MR) is 85.8 cm³/mol. The van der Waals surface area contributed by atoms with E-state index in [-0.39, 0.29) is 0 Å². The molecule has 0 heterocycles. The van der Waals surface area contributed by atoms with Crippen molar-refractivity contribution in [2.24, 2.45) is 23.2 Å². The number of hydrogen-bond acceptors (Lipinski definition) is 2. The minimum Gasteiger partial charge on any atom is -0.312 e. The van der Waals surface area contributed by atoms with E-state index in [0.29, 0.717) is 11.5 Å². The minimum absolute atomic E-state index is 0.462. The summed E-state index contributed by atoms with van der Waals surface area (Å²) in [5.41, 5.74) is 0.462. The second-order valence-electron chi connectivity index (χ2n) is 8.50. The van der Waals surface area contributed by atoms with Crippen LogP contribution in [0.5, 0.6) is 0 Å². The summed E-state index contributed by atoms with van der Waals surface area (Å²) >= 11 is 0. The third-order valence-corrected chi connectivity index (χ3v) is 6.71. The first-order valence-corrected chi connectivity index (χ1v) is 8.95. The predicted octanol–water partition coefficient (Wildman–Crippen LogP) is 3.52. The smallest absolute Gasteiger partial charge is 0.0274 e. The fraction of sp³-hybridized carbons (Fsp3) is 1.00. The summed E-state index contributed by atoms with van der Waals surface area (Å²) in [5.74, 6) is 3.15. The van der Waals surface area contributed by atoms with Crippen LogP contribution in [0.4, 0.5) is 0 Å². The van der Waals surface area contributed by atoms with Crippen LogP contribution in [-0.2, 0) is 0 Å². The zero-order valence-corrected chi connectivity index (χ0v) is 14.0. The van der Waals surface area contributed by atoms with Crippen molar-refractivity contribution in [3.8, 4) is 0 Å². The first-order valence-electron chi connectivity index (χ1n) is 8.95. The average molecular weight is 278 g/mol. The lowest BCUT2D eigenvalue weighted by Crippen LogP contribution is -2.51. The van der Waals surface area contributed by atoms with Gasteiger partial charge in [0.15, 0.2) is 0 Å². The van der Waals surface area contributed by atoms with Gasteiger partial charge in [-0.2, -0.15) is 0 Å². The molecule has 2 bridgehead atoms. The fourth-order valence-corrected chi connectivity index (χ4v) is 5.58. The number of likely N-dealkylation sites (N-methyl/N-ethyl adjacent to an activating group) is 2. The molecule has 0 amide bonds. The summed E-state index contributed by atoms with van der Waals surface area (Å²) in [6.07, 6.45) is 8.87. The Kier molecular flexibility index (Phi) is 4.16. The molecule has 20 heavy (non-hydrogen) atoms. The van der Waals surface area contributed by atoms with Crippen molar-refractivity contribution in [2.45, 2.75) is 71.4 Å². The summed E-state index contributed by atoms with van der Waals surface area (Å²) in [7, 11) is 2.39. The van der Waals surface area contributed by atoms with Crippen molar-refractivity contribution in [1.29, 1.82) is 0 Å². The highest BCUT2D eigenvalue weighted by atomic mass is 15.2. The highest BCUT2D eigenvalue weighted by molar-refractivity contribution is 5.01. The first-order chi connectivity index (χ1) is 9.51. The highest BCUT2D eigenvalue weighted by Gasteiger charge is 2.45. The van der Waals surface area contributed by atoms with E-state index in [1.807, 2.05) is 0 Å². The zero-order valence-electron chi connectivity index (χ0n) is 14.0. The Balaban J connectivity index is 1.60. The molecule has 1 N–H and O–H groups in total. The molecule has 3 rings (SSSR count). The van der Waals surface area contributed by atoms with Crippen LogP contribution >= 0.6 is 0 Å². The summed E-state index contributed by atoms with van der Waals surface area (Å²) in [6, 6.07) is 1.43. The quantitative estimate of drug-likeness (QED) is 0.828. The normalized spacial score (nSPS) is 42.8. The molecule has 0 saturated heterocycles. The lowest BCUT2D eigenvalue weighted by Gasteiger charge is -2.38. The molecular formula is C18H34N2. The van der Waals surface area contributed by atoms with E-state index in [0.717, 1.165) is 30.3 Å². The monoisotopic (exact) mass is 278 g/mol. The topological polar surface area (TPSA) is 15.3 Å². The molecule has 5 unspecified atom stereocenters. The molecule has 3 fully saturated rings. The molecular weight excluding hydrogens is 244 g/mol. The second-order valence-corrected chi connectivity index (χ2v) is 8.50. The van der Waals surface area contributed by atoms with Gasteiger partial charge >= 0.3 is 0 Å². The first kappa shape index (κ1) is 14.8. The Hall–Kier alpha value is -0.0800. The van der Waals surface area contributed by atoms with E-state index in [1.54, 1.807) is 6.42 Å². The van der Waals surface area contributed by atoms with Crippen LogP contribution in [0.1, 0.15) is 59.3 Å². The minimum atomic E-state index is 0.462. The van der Waals surface area contributed by atoms with Crippen molar-refractivity contribution >= 4 is 0 Å².